The van der Waals surface area contributed by atoms with Gasteiger partial charge in [-0.2, -0.15) is 0 Å². The molecule has 206 valence electrons. The Bertz CT molecular complexity index is 1110. The van der Waals surface area contributed by atoms with Gasteiger partial charge in [0.15, 0.2) is 5.82 Å². The monoisotopic (exact) mass is 540 g/mol. The number of hydrogen-bond donors (Lipinski definition) is 1. The molecule has 2 fully saturated rings. The third-order valence-electron chi connectivity index (χ3n) is 7.67. The van der Waals surface area contributed by atoms with Gasteiger partial charge in [0.2, 0.25) is 0 Å². The molecule has 8 nitrogen and oxygen atoms in total. The van der Waals surface area contributed by atoms with Crippen molar-refractivity contribution in [2.24, 2.45) is 0 Å². The summed E-state index contributed by atoms with van der Waals surface area (Å²) in [6.45, 7) is 13.0. The van der Waals surface area contributed by atoms with Crippen LogP contribution in [0.3, 0.4) is 0 Å². The number of carbonyl (C=O) groups is 1. The minimum absolute atomic E-state index is 0.139. The fourth-order valence-corrected chi connectivity index (χ4v) is 5.95. The zero-order valence-electron chi connectivity index (χ0n) is 23.0. The molecule has 4 heterocycles. The van der Waals surface area contributed by atoms with Crippen molar-refractivity contribution in [3.8, 4) is 11.4 Å². The van der Waals surface area contributed by atoms with E-state index < -0.39 is 5.60 Å². The molecule has 3 aliphatic heterocycles. The molecule has 1 aromatic heterocycles. The Morgan fingerprint density at radius 2 is 1.74 bits per heavy atom. The lowest BCUT2D eigenvalue weighted by atomic mass is 10.0. The van der Waals surface area contributed by atoms with Gasteiger partial charge in [-0.15, -0.1) is 0 Å². The normalized spacial score (nSPS) is 18.6. The number of benzene rings is 1. The van der Waals surface area contributed by atoms with Crippen LogP contribution in [0.1, 0.15) is 58.4 Å². The van der Waals surface area contributed by atoms with Crippen LogP contribution in [0.25, 0.3) is 11.4 Å². The van der Waals surface area contributed by atoms with Crippen LogP contribution in [-0.4, -0.2) is 78.4 Å². The molecule has 3 aliphatic rings. The molecule has 2 aromatic rings. The summed E-state index contributed by atoms with van der Waals surface area (Å²) in [6.07, 6.45) is 6.17. The van der Waals surface area contributed by atoms with E-state index in [4.69, 9.17) is 21.3 Å². The van der Waals surface area contributed by atoms with E-state index in [1.165, 1.54) is 31.6 Å². The molecule has 1 aromatic carbocycles. The van der Waals surface area contributed by atoms with E-state index in [-0.39, 0.29) is 12.1 Å². The van der Waals surface area contributed by atoms with Crippen molar-refractivity contribution in [1.29, 1.82) is 0 Å². The summed E-state index contributed by atoms with van der Waals surface area (Å²) >= 11 is 6.63. The van der Waals surface area contributed by atoms with Gasteiger partial charge < -0.3 is 24.8 Å². The molecule has 0 radical (unpaired) electrons. The Kier molecular flexibility index (Phi) is 8.29. The van der Waals surface area contributed by atoms with Crippen LogP contribution in [0.15, 0.2) is 24.3 Å². The maximum Gasteiger partial charge on any atom is 0.407 e. The average Bonchev–Trinajstić information content (AvgIpc) is 3.54. The second-order valence-electron chi connectivity index (χ2n) is 11.7. The quantitative estimate of drug-likeness (QED) is 0.487. The van der Waals surface area contributed by atoms with Crippen molar-refractivity contribution in [2.75, 3.05) is 55.6 Å². The van der Waals surface area contributed by atoms with Crippen molar-refractivity contribution in [3.05, 3.63) is 35.0 Å². The van der Waals surface area contributed by atoms with Gasteiger partial charge >= 0.3 is 6.09 Å². The van der Waals surface area contributed by atoms with Gasteiger partial charge in [0.25, 0.3) is 0 Å². The van der Waals surface area contributed by atoms with E-state index in [9.17, 15) is 4.79 Å². The smallest absolute Gasteiger partial charge is 0.407 e. The summed E-state index contributed by atoms with van der Waals surface area (Å²) in [6, 6.07) is 8.58. The SMILES string of the molecule is CC(C)(C)OC(=O)NC1CCN(c2ccc(-c3nc(Cl)c4c(n3)N(CCCN3CCCC3)CC4)cc2)CC1. The zero-order valence-corrected chi connectivity index (χ0v) is 23.8. The highest BCUT2D eigenvalue weighted by Gasteiger charge is 2.26. The minimum atomic E-state index is -0.481. The first-order chi connectivity index (χ1) is 18.2. The van der Waals surface area contributed by atoms with Gasteiger partial charge in [-0.25, -0.2) is 14.8 Å². The van der Waals surface area contributed by atoms with Crippen molar-refractivity contribution in [1.82, 2.24) is 20.2 Å². The van der Waals surface area contributed by atoms with E-state index in [2.05, 4.69) is 49.3 Å². The summed E-state index contributed by atoms with van der Waals surface area (Å²) < 4.78 is 5.40. The van der Waals surface area contributed by atoms with Crippen LogP contribution >= 0.6 is 11.6 Å². The largest absolute Gasteiger partial charge is 0.444 e. The lowest BCUT2D eigenvalue weighted by Crippen LogP contribution is -2.46. The number of hydrogen-bond acceptors (Lipinski definition) is 7. The fourth-order valence-electron chi connectivity index (χ4n) is 5.69. The summed E-state index contributed by atoms with van der Waals surface area (Å²) in [7, 11) is 0. The highest BCUT2D eigenvalue weighted by atomic mass is 35.5. The standard InChI is InChI=1S/C29H41ClN6O2/c1-29(2,3)38-28(37)31-22-11-18-35(19-12-22)23-9-7-21(8-10-23)26-32-25(30)24-13-20-36(27(24)33-26)17-6-16-34-14-4-5-15-34/h7-10,22H,4-6,11-20H2,1-3H3,(H,31,37). The molecule has 5 rings (SSSR count). The van der Waals surface area contributed by atoms with Gasteiger partial charge in [-0.1, -0.05) is 11.6 Å². The molecule has 0 unspecified atom stereocenters. The Morgan fingerprint density at radius 3 is 2.42 bits per heavy atom. The lowest BCUT2D eigenvalue weighted by molar-refractivity contribution is 0.0497. The number of anilines is 2. The summed E-state index contributed by atoms with van der Waals surface area (Å²) in [5, 5.41) is 3.59. The highest BCUT2D eigenvalue weighted by Crippen LogP contribution is 2.34. The van der Waals surface area contributed by atoms with E-state index in [0.717, 1.165) is 75.4 Å². The van der Waals surface area contributed by atoms with Crippen LogP contribution in [-0.2, 0) is 11.2 Å². The van der Waals surface area contributed by atoms with Gasteiger partial charge in [-0.05, 0) is 103 Å². The molecule has 1 amide bonds. The molecule has 0 atom stereocenters. The number of rotatable bonds is 7. The molecule has 9 heteroatoms. The second-order valence-corrected chi connectivity index (χ2v) is 12.1. The topological polar surface area (TPSA) is 73.8 Å². The van der Waals surface area contributed by atoms with E-state index in [1.807, 2.05) is 20.8 Å². The predicted molar refractivity (Wildman–Crippen MR) is 153 cm³/mol. The van der Waals surface area contributed by atoms with Crippen LogP contribution in [0, 0.1) is 0 Å². The Hall–Kier alpha value is -2.58. The number of nitrogens with zero attached hydrogens (tertiary/aromatic N) is 5. The van der Waals surface area contributed by atoms with E-state index in [0.29, 0.717) is 11.0 Å². The number of halogens is 1. The van der Waals surface area contributed by atoms with Crippen molar-refractivity contribution in [3.63, 3.8) is 0 Å². The molecular weight excluding hydrogens is 500 g/mol. The Labute approximate surface area is 231 Å². The number of alkyl carbamates (subject to hydrolysis) is 1. The molecule has 1 N–H and O–H groups in total. The number of likely N-dealkylation sites (tertiary alicyclic amines) is 1. The Balaban J connectivity index is 1.18. The number of carbonyl (C=O) groups excluding carboxylic acids is 1. The number of fused-ring (bicyclic) bond motifs is 1. The molecule has 2 saturated heterocycles. The molecular formula is C29H41ClN6O2. The average molecular weight is 541 g/mol. The zero-order chi connectivity index (χ0) is 26.7. The molecule has 0 spiro atoms. The Morgan fingerprint density at radius 1 is 1.03 bits per heavy atom. The molecule has 38 heavy (non-hydrogen) atoms. The first-order valence-corrected chi connectivity index (χ1v) is 14.5. The predicted octanol–water partition coefficient (Wildman–Crippen LogP) is 5.14. The van der Waals surface area contributed by atoms with Crippen LogP contribution in [0.5, 0.6) is 0 Å². The maximum atomic E-state index is 12.1. The van der Waals surface area contributed by atoms with Crippen molar-refractivity contribution >= 4 is 29.2 Å². The highest BCUT2D eigenvalue weighted by molar-refractivity contribution is 6.30. The van der Waals surface area contributed by atoms with Crippen LogP contribution < -0.4 is 15.1 Å². The van der Waals surface area contributed by atoms with Gasteiger partial charge in [0.05, 0.1) is 0 Å². The first kappa shape index (κ1) is 27.0. The maximum absolute atomic E-state index is 12.1. The lowest BCUT2D eigenvalue weighted by Gasteiger charge is -2.34. The van der Waals surface area contributed by atoms with Gasteiger partial charge in [-0.3, -0.25) is 0 Å². The summed E-state index contributed by atoms with van der Waals surface area (Å²) in [5.74, 6) is 1.69. The number of amides is 1. The number of nitrogens with one attached hydrogen (secondary N) is 1. The fraction of sp³-hybridized carbons (Fsp3) is 0.621. The number of ether oxygens (including phenoxy) is 1. The van der Waals surface area contributed by atoms with E-state index >= 15 is 0 Å². The van der Waals surface area contributed by atoms with Gasteiger partial charge in [0.1, 0.15) is 16.6 Å². The number of piperidine rings is 1. The van der Waals surface area contributed by atoms with Crippen molar-refractivity contribution in [2.45, 2.75) is 70.9 Å². The molecule has 0 bridgehead atoms. The first-order valence-electron chi connectivity index (χ1n) is 14.1. The minimum Gasteiger partial charge on any atom is -0.444 e. The number of aromatic nitrogens is 2. The van der Waals surface area contributed by atoms with Crippen LogP contribution in [0.4, 0.5) is 16.3 Å². The molecule has 0 saturated carbocycles. The summed E-state index contributed by atoms with van der Waals surface area (Å²) in [4.78, 5) is 29.0. The van der Waals surface area contributed by atoms with E-state index in [1.54, 1.807) is 0 Å². The third-order valence-corrected chi connectivity index (χ3v) is 7.99. The molecule has 0 aliphatic carbocycles. The van der Waals surface area contributed by atoms with Gasteiger partial charge in [0, 0.05) is 49.0 Å². The second kappa shape index (κ2) is 11.7. The van der Waals surface area contributed by atoms with Crippen LogP contribution in [0.2, 0.25) is 5.15 Å². The third kappa shape index (κ3) is 6.70. The van der Waals surface area contributed by atoms with Crippen molar-refractivity contribution < 1.29 is 9.53 Å². The summed E-state index contributed by atoms with van der Waals surface area (Å²) in [5.41, 5.74) is 2.74.